The van der Waals surface area contributed by atoms with Gasteiger partial charge in [-0.15, -0.1) is 0 Å². The van der Waals surface area contributed by atoms with Crippen molar-refractivity contribution in [2.24, 2.45) is 5.16 Å². The molecular formula is C15H13ClNO. The fraction of sp³-hybridized carbons (Fsp3) is 0.133. The second-order valence-corrected chi connectivity index (χ2v) is 4.41. The van der Waals surface area contributed by atoms with Crippen LogP contribution in [-0.4, -0.2) is 6.21 Å². The van der Waals surface area contributed by atoms with Crippen LogP contribution in [0.4, 0.5) is 0 Å². The predicted octanol–water partition coefficient (Wildman–Crippen LogP) is 4.08. The standard InChI is InChI=1S/C15H13ClNO/c1-12-3-2-4-14(9-12)11-18-17-10-13-5-7-15(16)8-6-13/h2-9H,11H2,1H3. The van der Waals surface area contributed by atoms with E-state index < -0.39 is 0 Å². The first-order chi connectivity index (χ1) is 8.74. The van der Waals surface area contributed by atoms with Crippen LogP contribution in [-0.2, 0) is 11.4 Å². The third kappa shape index (κ3) is 3.90. The molecule has 18 heavy (non-hydrogen) atoms. The molecule has 0 saturated heterocycles. The highest BCUT2D eigenvalue weighted by Crippen LogP contribution is 2.08. The largest absolute Gasteiger partial charge is 0.390 e. The SMILES string of the molecule is Cc1cccc(CO/N=[C]\c2ccc(Cl)cc2)c1. The summed E-state index contributed by atoms with van der Waals surface area (Å²) in [5, 5.41) is 4.50. The molecule has 0 fully saturated rings. The Morgan fingerprint density at radius 1 is 1.17 bits per heavy atom. The molecule has 0 heterocycles. The van der Waals surface area contributed by atoms with Crippen molar-refractivity contribution in [2.45, 2.75) is 13.5 Å². The molecule has 2 aromatic rings. The van der Waals surface area contributed by atoms with Crippen molar-refractivity contribution < 1.29 is 4.84 Å². The van der Waals surface area contributed by atoms with Crippen LogP contribution in [0.5, 0.6) is 0 Å². The molecule has 0 aromatic heterocycles. The number of aryl methyl sites for hydroxylation is 1. The molecule has 1 radical (unpaired) electrons. The Kier molecular flexibility index (Phi) is 4.37. The number of halogens is 1. The zero-order chi connectivity index (χ0) is 12.8. The molecule has 3 heteroatoms. The summed E-state index contributed by atoms with van der Waals surface area (Å²) in [5.74, 6) is 0. The first-order valence-corrected chi connectivity index (χ1v) is 6.01. The number of hydrogen-bond donors (Lipinski definition) is 0. The van der Waals surface area contributed by atoms with Gasteiger partial charge in [-0.25, -0.2) is 0 Å². The zero-order valence-electron chi connectivity index (χ0n) is 10.1. The molecule has 2 nitrogen and oxygen atoms in total. The lowest BCUT2D eigenvalue weighted by molar-refractivity contribution is 0.132. The number of benzene rings is 2. The van der Waals surface area contributed by atoms with Crippen molar-refractivity contribution in [1.29, 1.82) is 0 Å². The fourth-order valence-electron chi connectivity index (χ4n) is 1.52. The van der Waals surface area contributed by atoms with Gasteiger partial charge in [0, 0.05) is 10.6 Å². The molecule has 0 spiro atoms. The molecule has 2 rings (SSSR count). The van der Waals surface area contributed by atoms with Crippen LogP contribution < -0.4 is 0 Å². The van der Waals surface area contributed by atoms with Crippen LogP contribution in [0.3, 0.4) is 0 Å². The monoisotopic (exact) mass is 258 g/mol. The molecule has 0 atom stereocenters. The first kappa shape index (κ1) is 12.7. The fourth-order valence-corrected chi connectivity index (χ4v) is 1.64. The molecular weight excluding hydrogens is 246 g/mol. The highest BCUT2D eigenvalue weighted by molar-refractivity contribution is 6.30. The summed E-state index contributed by atoms with van der Waals surface area (Å²) in [4.78, 5) is 5.19. The van der Waals surface area contributed by atoms with Crippen LogP contribution >= 0.6 is 11.6 Å². The van der Waals surface area contributed by atoms with E-state index in [0.717, 1.165) is 11.1 Å². The van der Waals surface area contributed by atoms with Crippen LogP contribution in [0, 0.1) is 6.92 Å². The normalized spacial score (nSPS) is 10.8. The van der Waals surface area contributed by atoms with Gasteiger partial charge < -0.3 is 4.84 Å². The van der Waals surface area contributed by atoms with E-state index in [-0.39, 0.29) is 0 Å². The maximum Gasteiger partial charge on any atom is 0.142 e. The van der Waals surface area contributed by atoms with Crippen molar-refractivity contribution in [3.63, 3.8) is 0 Å². The van der Waals surface area contributed by atoms with E-state index in [1.165, 1.54) is 5.56 Å². The lowest BCUT2D eigenvalue weighted by Gasteiger charge is -2.00. The van der Waals surface area contributed by atoms with Crippen molar-refractivity contribution in [1.82, 2.24) is 0 Å². The molecule has 0 amide bonds. The lowest BCUT2D eigenvalue weighted by Crippen LogP contribution is -1.88. The van der Waals surface area contributed by atoms with Crippen molar-refractivity contribution in [3.8, 4) is 0 Å². The van der Waals surface area contributed by atoms with Gasteiger partial charge in [-0.3, -0.25) is 0 Å². The van der Waals surface area contributed by atoms with E-state index in [9.17, 15) is 0 Å². The minimum absolute atomic E-state index is 0.447. The summed E-state index contributed by atoms with van der Waals surface area (Å²) < 4.78 is 0. The van der Waals surface area contributed by atoms with Crippen LogP contribution in [0.15, 0.2) is 53.7 Å². The molecule has 0 N–H and O–H groups in total. The highest BCUT2D eigenvalue weighted by Gasteiger charge is 1.93. The first-order valence-electron chi connectivity index (χ1n) is 5.63. The van der Waals surface area contributed by atoms with E-state index in [1.54, 1.807) is 12.1 Å². The molecule has 0 unspecified atom stereocenters. The number of nitrogens with zero attached hydrogens (tertiary/aromatic N) is 1. The maximum atomic E-state index is 5.78. The van der Waals surface area contributed by atoms with Crippen molar-refractivity contribution in [3.05, 3.63) is 70.2 Å². The summed E-state index contributed by atoms with van der Waals surface area (Å²) in [6.45, 7) is 2.49. The second-order valence-electron chi connectivity index (χ2n) is 3.97. The highest BCUT2D eigenvalue weighted by atomic mass is 35.5. The zero-order valence-corrected chi connectivity index (χ0v) is 10.8. The molecule has 0 bridgehead atoms. The summed E-state index contributed by atoms with van der Waals surface area (Å²) in [5.41, 5.74) is 3.14. The molecule has 0 aliphatic carbocycles. The van der Waals surface area contributed by atoms with Gasteiger partial charge >= 0.3 is 0 Å². The Labute approximate surface area is 112 Å². The van der Waals surface area contributed by atoms with Crippen molar-refractivity contribution >= 4 is 17.8 Å². The lowest BCUT2D eigenvalue weighted by atomic mass is 10.1. The second kappa shape index (κ2) is 6.22. The number of rotatable bonds is 4. The Morgan fingerprint density at radius 2 is 1.94 bits per heavy atom. The van der Waals surface area contributed by atoms with Crippen molar-refractivity contribution in [2.75, 3.05) is 0 Å². The summed E-state index contributed by atoms with van der Waals surface area (Å²) >= 11 is 5.78. The summed E-state index contributed by atoms with van der Waals surface area (Å²) in [7, 11) is 0. The summed E-state index contributed by atoms with van der Waals surface area (Å²) in [6, 6.07) is 15.4. The van der Waals surface area contributed by atoms with Crippen LogP contribution in [0.1, 0.15) is 16.7 Å². The Balaban J connectivity index is 1.87. The van der Waals surface area contributed by atoms with E-state index >= 15 is 0 Å². The van der Waals surface area contributed by atoms with E-state index in [1.807, 2.05) is 37.3 Å². The van der Waals surface area contributed by atoms with Crippen LogP contribution in [0.2, 0.25) is 5.02 Å². The van der Waals surface area contributed by atoms with Crippen LogP contribution in [0.25, 0.3) is 0 Å². The van der Waals surface area contributed by atoms with E-state index in [4.69, 9.17) is 16.4 Å². The van der Waals surface area contributed by atoms with Gasteiger partial charge in [-0.1, -0.05) is 58.7 Å². The smallest absolute Gasteiger partial charge is 0.142 e. The summed E-state index contributed by atoms with van der Waals surface area (Å²) in [6.07, 6.45) is 2.80. The van der Waals surface area contributed by atoms with E-state index in [0.29, 0.717) is 11.6 Å². The van der Waals surface area contributed by atoms with Gasteiger partial charge in [0.1, 0.15) is 12.8 Å². The molecule has 0 aliphatic rings. The Hall–Kier alpha value is -1.80. The molecule has 2 aromatic carbocycles. The Morgan fingerprint density at radius 3 is 2.67 bits per heavy atom. The minimum Gasteiger partial charge on any atom is -0.390 e. The topological polar surface area (TPSA) is 21.6 Å². The van der Waals surface area contributed by atoms with Gasteiger partial charge in [0.2, 0.25) is 0 Å². The third-order valence-electron chi connectivity index (χ3n) is 2.40. The third-order valence-corrected chi connectivity index (χ3v) is 2.65. The average Bonchev–Trinajstić information content (AvgIpc) is 2.37. The minimum atomic E-state index is 0.447. The van der Waals surface area contributed by atoms with Gasteiger partial charge in [0.15, 0.2) is 0 Å². The Bertz CT molecular complexity index is 534. The van der Waals surface area contributed by atoms with Gasteiger partial charge in [-0.2, -0.15) is 0 Å². The number of hydrogen-bond acceptors (Lipinski definition) is 2. The quantitative estimate of drug-likeness (QED) is 0.598. The predicted molar refractivity (Wildman–Crippen MR) is 74.0 cm³/mol. The van der Waals surface area contributed by atoms with Gasteiger partial charge in [0.05, 0.1) is 0 Å². The maximum absolute atomic E-state index is 5.78. The average molecular weight is 259 g/mol. The van der Waals surface area contributed by atoms with Gasteiger partial charge in [-0.05, 0) is 24.6 Å². The van der Waals surface area contributed by atoms with Gasteiger partial charge in [0.25, 0.3) is 0 Å². The van der Waals surface area contributed by atoms with E-state index in [2.05, 4.69) is 17.4 Å². The molecule has 0 saturated carbocycles. The molecule has 91 valence electrons. The molecule has 0 aliphatic heterocycles.